The molecule has 1 aliphatic rings. The zero-order valence-electron chi connectivity index (χ0n) is 10.7. The van der Waals surface area contributed by atoms with E-state index in [0.29, 0.717) is 29.9 Å². The van der Waals surface area contributed by atoms with E-state index in [-0.39, 0.29) is 15.9 Å². The zero-order valence-corrected chi connectivity index (χ0v) is 13.2. The molecule has 0 aliphatic carbocycles. The monoisotopic (exact) mass is 332 g/mol. The van der Waals surface area contributed by atoms with Crippen molar-refractivity contribution in [1.82, 2.24) is 4.72 Å². The largest absolute Gasteiger partial charge is 0.389 e. The van der Waals surface area contributed by atoms with Gasteiger partial charge in [-0.15, -0.1) is 0 Å². The van der Waals surface area contributed by atoms with E-state index in [2.05, 4.69) is 4.72 Å². The Balaban J connectivity index is 2.23. The van der Waals surface area contributed by atoms with Gasteiger partial charge in [-0.3, -0.25) is 4.21 Å². The Kier molecular flexibility index (Phi) is 4.90. The summed E-state index contributed by atoms with van der Waals surface area (Å²) in [7, 11) is -4.49. The molecule has 0 saturated carbocycles. The van der Waals surface area contributed by atoms with Crippen molar-refractivity contribution in [3.63, 3.8) is 0 Å². The van der Waals surface area contributed by atoms with E-state index in [1.807, 2.05) is 0 Å². The van der Waals surface area contributed by atoms with E-state index in [0.717, 1.165) is 0 Å². The molecule has 3 N–H and O–H groups in total. The van der Waals surface area contributed by atoms with Crippen LogP contribution >= 0.6 is 12.2 Å². The summed E-state index contributed by atoms with van der Waals surface area (Å²) in [6, 6.07) is 6.21. The highest BCUT2D eigenvalue weighted by Gasteiger charge is 2.26. The van der Waals surface area contributed by atoms with Crippen LogP contribution in [-0.4, -0.2) is 35.2 Å². The Labute approximate surface area is 126 Å². The SMILES string of the molecule is NC(=S)c1ccccc1S(=O)(=O)NC1CCS(=O)CC1. The van der Waals surface area contributed by atoms with Crippen molar-refractivity contribution in [2.45, 2.75) is 23.8 Å². The fourth-order valence-electron chi connectivity index (χ4n) is 2.10. The van der Waals surface area contributed by atoms with E-state index < -0.39 is 20.8 Å². The van der Waals surface area contributed by atoms with Gasteiger partial charge in [-0.1, -0.05) is 30.4 Å². The summed E-state index contributed by atoms with van der Waals surface area (Å²) in [5.74, 6) is 1.06. The van der Waals surface area contributed by atoms with E-state index in [1.165, 1.54) is 6.07 Å². The van der Waals surface area contributed by atoms with Gasteiger partial charge in [-0.25, -0.2) is 13.1 Å². The molecule has 1 fully saturated rings. The van der Waals surface area contributed by atoms with Gasteiger partial charge in [0.25, 0.3) is 0 Å². The van der Waals surface area contributed by atoms with Crippen LogP contribution in [0.1, 0.15) is 18.4 Å². The molecule has 0 amide bonds. The summed E-state index contributed by atoms with van der Waals surface area (Å²) in [5, 5.41) is 0. The van der Waals surface area contributed by atoms with Crippen LogP contribution in [-0.2, 0) is 20.8 Å². The van der Waals surface area contributed by atoms with Crippen LogP contribution in [0.5, 0.6) is 0 Å². The van der Waals surface area contributed by atoms with Gasteiger partial charge in [0, 0.05) is 33.9 Å². The van der Waals surface area contributed by atoms with Gasteiger partial charge in [0.15, 0.2) is 0 Å². The predicted octanol–water partition coefficient (Wildman–Crippen LogP) is 0.510. The lowest BCUT2D eigenvalue weighted by Gasteiger charge is -2.23. The Bertz CT molecular complexity index is 633. The van der Waals surface area contributed by atoms with Crippen molar-refractivity contribution < 1.29 is 12.6 Å². The zero-order chi connectivity index (χ0) is 14.8. The van der Waals surface area contributed by atoms with E-state index >= 15 is 0 Å². The first-order valence-electron chi connectivity index (χ1n) is 6.16. The smallest absolute Gasteiger partial charge is 0.241 e. The molecule has 0 spiro atoms. The fraction of sp³-hybridized carbons (Fsp3) is 0.417. The summed E-state index contributed by atoms with van der Waals surface area (Å²) in [5.41, 5.74) is 5.90. The summed E-state index contributed by atoms with van der Waals surface area (Å²) in [6.45, 7) is 0. The molecule has 1 aromatic rings. The van der Waals surface area contributed by atoms with Crippen molar-refractivity contribution in [1.29, 1.82) is 0 Å². The predicted molar refractivity (Wildman–Crippen MR) is 83.5 cm³/mol. The summed E-state index contributed by atoms with van der Waals surface area (Å²) >= 11 is 4.88. The number of hydrogen-bond donors (Lipinski definition) is 2. The highest BCUT2D eigenvalue weighted by molar-refractivity contribution is 7.89. The number of thiocarbonyl (C=S) groups is 1. The molecule has 8 heteroatoms. The van der Waals surface area contributed by atoms with Gasteiger partial charge >= 0.3 is 0 Å². The third-order valence-electron chi connectivity index (χ3n) is 3.15. The molecule has 0 atom stereocenters. The van der Waals surface area contributed by atoms with Gasteiger partial charge in [0.2, 0.25) is 10.0 Å². The standard InChI is InChI=1S/C12H16N2O3S3/c13-12(18)10-3-1-2-4-11(10)20(16,17)14-9-5-7-19(15)8-6-9/h1-4,9,14H,5-8H2,(H2,13,18). The molecule has 1 heterocycles. The van der Waals surface area contributed by atoms with Gasteiger partial charge in [-0.2, -0.15) is 0 Å². The summed E-state index contributed by atoms with van der Waals surface area (Å²) in [4.78, 5) is 0.148. The summed E-state index contributed by atoms with van der Waals surface area (Å²) in [6.07, 6.45) is 1.17. The molecule has 1 aromatic carbocycles. The van der Waals surface area contributed by atoms with E-state index in [4.69, 9.17) is 18.0 Å². The van der Waals surface area contributed by atoms with Crippen LogP contribution in [0.3, 0.4) is 0 Å². The maximum absolute atomic E-state index is 12.4. The maximum atomic E-state index is 12.4. The molecule has 1 aliphatic heterocycles. The third-order valence-corrected chi connectivity index (χ3v) is 6.33. The van der Waals surface area contributed by atoms with Crippen molar-refractivity contribution in [3.05, 3.63) is 29.8 Å². The minimum absolute atomic E-state index is 0.0516. The maximum Gasteiger partial charge on any atom is 0.241 e. The Morgan fingerprint density at radius 3 is 2.50 bits per heavy atom. The fourth-order valence-corrected chi connectivity index (χ4v) is 5.17. The minimum atomic E-state index is -3.67. The minimum Gasteiger partial charge on any atom is -0.389 e. The second-order valence-electron chi connectivity index (χ2n) is 4.60. The van der Waals surface area contributed by atoms with Crippen LogP contribution in [0.25, 0.3) is 0 Å². The lowest BCUT2D eigenvalue weighted by Crippen LogP contribution is -2.40. The molecule has 0 bridgehead atoms. The highest BCUT2D eigenvalue weighted by atomic mass is 32.2. The van der Waals surface area contributed by atoms with E-state index in [1.54, 1.807) is 18.2 Å². The molecule has 1 saturated heterocycles. The molecule has 110 valence electrons. The number of hydrogen-bond acceptors (Lipinski definition) is 4. The quantitative estimate of drug-likeness (QED) is 0.784. The average Bonchev–Trinajstić information content (AvgIpc) is 2.41. The highest BCUT2D eigenvalue weighted by Crippen LogP contribution is 2.18. The van der Waals surface area contributed by atoms with E-state index in [9.17, 15) is 12.6 Å². The van der Waals surface area contributed by atoms with Crippen molar-refractivity contribution in [3.8, 4) is 0 Å². The average molecular weight is 332 g/mol. The molecule has 5 nitrogen and oxygen atoms in total. The van der Waals surface area contributed by atoms with Crippen LogP contribution in [0.15, 0.2) is 29.2 Å². The molecule has 0 radical (unpaired) electrons. The number of nitrogens with two attached hydrogens (primary N) is 1. The Hall–Kier alpha value is -0.830. The van der Waals surface area contributed by atoms with Crippen molar-refractivity contribution >= 4 is 38.0 Å². The molecule has 0 unspecified atom stereocenters. The molecule has 2 rings (SSSR count). The topological polar surface area (TPSA) is 89.3 Å². The molecule has 0 aromatic heterocycles. The van der Waals surface area contributed by atoms with Gasteiger partial charge < -0.3 is 5.73 Å². The first-order chi connectivity index (χ1) is 9.40. The number of sulfonamides is 1. The normalized spacial score (nSPS) is 23.4. The third kappa shape index (κ3) is 3.63. The first kappa shape index (κ1) is 15.6. The number of nitrogens with one attached hydrogen (secondary N) is 1. The second-order valence-corrected chi connectivity index (χ2v) is 8.42. The lowest BCUT2D eigenvalue weighted by molar-refractivity contribution is 0.522. The van der Waals surface area contributed by atoms with Crippen LogP contribution < -0.4 is 10.5 Å². The van der Waals surface area contributed by atoms with Crippen molar-refractivity contribution in [2.24, 2.45) is 5.73 Å². The molecular weight excluding hydrogens is 316 g/mol. The lowest BCUT2D eigenvalue weighted by atomic mass is 10.2. The van der Waals surface area contributed by atoms with Gasteiger partial charge in [0.1, 0.15) is 4.99 Å². The van der Waals surface area contributed by atoms with Crippen LogP contribution in [0.4, 0.5) is 0 Å². The first-order valence-corrected chi connectivity index (χ1v) is 9.54. The molecule has 20 heavy (non-hydrogen) atoms. The van der Waals surface area contributed by atoms with Crippen LogP contribution in [0.2, 0.25) is 0 Å². The summed E-state index contributed by atoms with van der Waals surface area (Å²) < 4.78 is 38.7. The van der Waals surface area contributed by atoms with Gasteiger partial charge in [0.05, 0.1) is 4.90 Å². The Morgan fingerprint density at radius 2 is 1.90 bits per heavy atom. The second kappa shape index (κ2) is 6.30. The van der Waals surface area contributed by atoms with Crippen molar-refractivity contribution in [2.75, 3.05) is 11.5 Å². The number of benzene rings is 1. The Morgan fingerprint density at radius 1 is 1.30 bits per heavy atom. The molecular formula is C12H16N2O3S3. The van der Waals surface area contributed by atoms with Gasteiger partial charge in [-0.05, 0) is 18.9 Å². The number of rotatable bonds is 4. The van der Waals surface area contributed by atoms with Crippen LogP contribution in [0, 0.1) is 0 Å².